The monoisotopic (exact) mass is 399 g/mol. The largest absolute Gasteiger partial charge is 0.456 e. The van der Waals surface area contributed by atoms with Crippen LogP contribution >= 0.6 is 11.8 Å². The third-order valence-electron chi connectivity index (χ3n) is 5.14. The van der Waals surface area contributed by atoms with Crippen molar-refractivity contribution in [1.29, 1.82) is 0 Å². The van der Waals surface area contributed by atoms with E-state index in [1.165, 1.54) is 24.3 Å². The van der Waals surface area contributed by atoms with Crippen molar-refractivity contribution in [2.75, 3.05) is 12.4 Å². The molecule has 0 aromatic heterocycles. The van der Waals surface area contributed by atoms with Crippen LogP contribution in [-0.2, 0) is 19.2 Å². The number of amides is 1. The number of hydrogen-bond donors (Lipinski definition) is 0. The Labute approximate surface area is 165 Å². The second kappa shape index (κ2) is 7.39. The lowest BCUT2D eigenvalue weighted by molar-refractivity contribution is -0.152. The number of nitrogens with zero attached hydrogens (tertiary/aromatic N) is 1. The molecular formula is C21H18FNO4S. The molecule has 2 saturated heterocycles. The highest BCUT2D eigenvalue weighted by molar-refractivity contribution is 8.00. The van der Waals surface area contributed by atoms with E-state index >= 15 is 0 Å². The zero-order valence-corrected chi connectivity index (χ0v) is 15.8. The lowest BCUT2D eigenvalue weighted by atomic mass is 10.0. The Hall–Kier alpha value is -2.67. The number of thioether (sulfide) groups is 1. The van der Waals surface area contributed by atoms with E-state index in [0.717, 1.165) is 5.56 Å². The van der Waals surface area contributed by atoms with Gasteiger partial charge in [-0.1, -0.05) is 30.3 Å². The Kier molecular flexibility index (Phi) is 4.93. The molecule has 144 valence electrons. The van der Waals surface area contributed by atoms with E-state index in [1.54, 1.807) is 16.7 Å². The summed E-state index contributed by atoms with van der Waals surface area (Å²) in [6.45, 7) is -0.438. The van der Waals surface area contributed by atoms with Crippen LogP contribution in [0, 0.1) is 5.82 Å². The predicted molar refractivity (Wildman–Crippen MR) is 102 cm³/mol. The van der Waals surface area contributed by atoms with Gasteiger partial charge in [-0.2, -0.15) is 0 Å². The third-order valence-corrected chi connectivity index (χ3v) is 6.73. The van der Waals surface area contributed by atoms with Crippen molar-refractivity contribution in [3.05, 3.63) is 71.5 Å². The molecule has 0 spiro atoms. The highest BCUT2D eigenvalue weighted by Gasteiger charge is 2.57. The van der Waals surface area contributed by atoms with Crippen molar-refractivity contribution < 1.29 is 23.5 Å². The number of halogens is 1. The van der Waals surface area contributed by atoms with E-state index < -0.39 is 35.1 Å². The second-order valence-electron chi connectivity index (χ2n) is 6.78. The molecule has 2 atom stereocenters. The molecule has 2 heterocycles. The van der Waals surface area contributed by atoms with Crippen molar-refractivity contribution in [3.63, 3.8) is 0 Å². The topological polar surface area (TPSA) is 63.7 Å². The molecule has 0 bridgehead atoms. The average molecular weight is 399 g/mol. The van der Waals surface area contributed by atoms with Crippen molar-refractivity contribution in [2.45, 2.75) is 23.8 Å². The molecular weight excluding hydrogens is 381 g/mol. The Bertz CT molecular complexity index is 918. The molecule has 0 aliphatic carbocycles. The SMILES string of the molecule is O=C(COC(=O)[C@H]1CS[C@@]2(c3ccccc3)CCC(=O)N12)c1ccc(F)cc1. The smallest absolute Gasteiger partial charge is 0.330 e. The van der Waals surface area contributed by atoms with Crippen LogP contribution in [0.4, 0.5) is 4.39 Å². The van der Waals surface area contributed by atoms with E-state index in [-0.39, 0.29) is 11.5 Å². The van der Waals surface area contributed by atoms with Gasteiger partial charge in [0.05, 0.1) is 0 Å². The number of carbonyl (C=O) groups excluding carboxylic acids is 3. The zero-order valence-electron chi connectivity index (χ0n) is 15.0. The molecule has 2 fully saturated rings. The van der Waals surface area contributed by atoms with E-state index in [9.17, 15) is 18.8 Å². The van der Waals surface area contributed by atoms with Gasteiger partial charge in [0.1, 0.15) is 16.7 Å². The van der Waals surface area contributed by atoms with E-state index in [1.807, 2.05) is 30.3 Å². The summed E-state index contributed by atoms with van der Waals surface area (Å²) in [7, 11) is 0. The predicted octanol–water partition coefficient (Wildman–Crippen LogP) is 3.14. The number of ether oxygens (including phenoxy) is 1. The van der Waals surface area contributed by atoms with Crippen LogP contribution in [0.5, 0.6) is 0 Å². The molecule has 1 amide bonds. The fourth-order valence-corrected chi connectivity index (χ4v) is 5.40. The molecule has 7 heteroatoms. The number of fused-ring (bicyclic) bond motifs is 1. The van der Waals surface area contributed by atoms with Crippen LogP contribution in [0.15, 0.2) is 54.6 Å². The summed E-state index contributed by atoms with van der Waals surface area (Å²) in [4.78, 5) is 38.4. The molecule has 2 aromatic carbocycles. The van der Waals surface area contributed by atoms with Crippen LogP contribution in [0.25, 0.3) is 0 Å². The van der Waals surface area contributed by atoms with Gasteiger partial charge in [0.2, 0.25) is 5.91 Å². The van der Waals surface area contributed by atoms with Crippen molar-refractivity contribution in [1.82, 2.24) is 4.90 Å². The number of carbonyl (C=O) groups is 3. The molecule has 0 radical (unpaired) electrons. The minimum atomic E-state index is -0.721. The number of Topliss-reactive ketones (excluding diaryl/α,β-unsaturated/α-hetero) is 1. The van der Waals surface area contributed by atoms with Gasteiger partial charge in [-0.3, -0.25) is 9.59 Å². The number of benzene rings is 2. The van der Waals surface area contributed by atoms with Gasteiger partial charge < -0.3 is 9.64 Å². The number of ketones is 1. The summed E-state index contributed by atoms with van der Waals surface area (Å²) in [5, 5.41) is 0. The summed E-state index contributed by atoms with van der Waals surface area (Å²) in [6.07, 6.45) is 1.01. The fraction of sp³-hybridized carbons (Fsp3) is 0.286. The maximum absolute atomic E-state index is 13.0. The Morgan fingerprint density at radius 1 is 1.14 bits per heavy atom. The van der Waals surface area contributed by atoms with Gasteiger partial charge in [-0.05, 0) is 36.2 Å². The number of esters is 1. The maximum Gasteiger partial charge on any atom is 0.330 e. The number of hydrogen-bond acceptors (Lipinski definition) is 5. The number of rotatable bonds is 5. The molecule has 0 saturated carbocycles. The first kappa shape index (κ1) is 18.7. The van der Waals surface area contributed by atoms with Crippen LogP contribution < -0.4 is 0 Å². The highest BCUT2D eigenvalue weighted by Crippen LogP contribution is 2.54. The molecule has 28 heavy (non-hydrogen) atoms. The van der Waals surface area contributed by atoms with E-state index in [0.29, 0.717) is 18.6 Å². The Morgan fingerprint density at radius 3 is 2.57 bits per heavy atom. The minimum Gasteiger partial charge on any atom is -0.456 e. The van der Waals surface area contributed by atoms with Gasteiger partial charge in [0, 0.05) is 17.7 Å². The fourth-order valence-electron chi connectivity index (χ4n) is 3.77. The Morgan fingerprint density at radius 2 is 1.86 bits per heavy atom. The summed E-state index contributed by atoms with van der Waals surface area (Å²) >= 11 is 1.56. The third kappa shape index (κ3) is 3.20. The van der Waals surface area contributed by atoms with Gasteiger partial charge in [-0.25, -0.2) is 9.18 Å². The molecule has 2 aliphatic rings. The second-order valence-corrected chi connectivity index (χ2v) is 8.08. The first-order valence-corrected chi connectivity index (χ1v) is 9.97. The lowest BCUT2D eigenvalue weighted by Crippen LogP contribution is -2.47. The minimum absolute atomic E-state index is 0.0827. The van der Waals surface area contributed by atoms with Crippen LogP contribution in [0.3, 0.4) is 0 Å². The summed E-state index contributed by atoms with van der Waals surface area (Å²) in [5.74, 6) is -1.11. The quantitative estimate of drug-likeness (QED) is 0.571. The maximum atomic E-state index is 13.0. The molecule has 2 aliphatic heterocycles. The van der Waals surface area contributed by atoms with Crippen LogP contribution in [0.1, 0.15) is 28.8 Å². The first-order chi connectivity index (χ1) is 13.5. The van der Waals surface area contributed by atoms with E-state index in [4.69, 9.17) is 4.74 Å². The van der Waals surface area contributed by atoms with Gasteiger partial charge in [0.25, 0.3) is 0 Å². The van der Waals surface area contributed by atoms with Gasteiger partial charge >= 0.3 is 5.97 Å². The molecule has 2 aromatic rings. The first-order valence-electron chi connectivity index (χ1n) is 8.98. The van der Waals surface area contributed by atoms with Crippen LogP contribution in [0.2, 0.25) is 0 Å². The molecule has 4 rings (SSSR count). The summed E-state index contributed by atoms with van der Waals surface area (Å²) < 4.78 is 18.2. The average Bonchev–Trinajstić information content (AvgIpc) is 3.26. The Balaban J connectivity index is 1.47. The normalized spacial score (nSPS) is 23.5. The van der Waals surface area contributed by atoms with Crippen LogP contribution in [-0.4, -0.2) is 41.0 Å². The van der Waals surface area contributed by atoms with Crippen molar-refractivity contribution >= 4 is 29.4 Å². The van der Waals surface area contributed by atoms with E-state index in [2.05, 4.69) is 0 Å². The van der Waals surface area contributed by atoms with Gasteiger partial charge in [-0.15, -0.1) is 11.8 Å². The molecule has 5 nitrogen and oxygen atoms in total. The molecule has 0 unspecified atom stereocenters. The van der Waals surface area contributed by atoms with Crippen molar-refractivity contribution in [2.24, 2.45) is 0 Å². The standard InChI is InChI=1S/C21H18FNO4S/c22-16-8-6-14(7-9-16)18(24)12-27-20(26)17-13-28-21(11-10-19(25)23(17)21)15-4-2-1-3-5-15/h1-9,17H,10-13H2/t17-,21-/m1/s1. The van der Waals surface area contributed by atoms with Gasteiger partial charge in [0.15, 0.2) is 12.4 Å². The van der Waals surface area contributed by atoms with Crippen molar-refractivity contribution in [3.8, 4) is 0 Å². The molecule has 0 N–H and O–H groups in total. The summed E-state index contributed by atoms with van der Waals surface area (Å²) in [6, 6.07) is 14.0. The summed E-state index contributed by atoms with van der Waals surface area (Å²) in [5.41, 5.74) is 1.26. The zero-order chi connectivity index (χ0) is 19.7. The lowest BCUT2D eigenvalue weighted by Gasteiger charge is -2.33. The highest BCUT2D eigenvalue weighted by atomic mass is 32.2.